The van der Waals surface area contributed by atoms with Crippen LogP contribution in [0.25, 0.3) is 11.8 Å². The van der Waals surface area contributed by atoms with Crippen LogP contribution in [0.4, 0.5) is 0 Å². The maximum absolute atomic E-state index is 13.8. The Balaban J connectivity index is 1.71. The van der Waals surface area contributed by atoms with E-state index in [2.05, 4.69) is 14.8 Å². The molecule has 0 spiro atoms. The molecule has 0 fully saturated rings. The van der Waals surface area contributed by atoms with Crippen LogP contribution >= 0.6 is 0 Å². The summed E-state index contributed by atoms with van der Waals surface area (Å²) >= 11 is 0. The molecule has 9 heteroatoms. The van der Waals surface area contributed by atoms with E-state index in [4.69, 9.17) is 4.74 Å². The first-order chi connectivity index (χ1) is 18.6. The number of benzene rings is 3. The Morgan fingerprint density at radius 3 is 2.10 bits per heavy atom. The predicted molar refractivity (Wildman–Crippen MR) is 151 cm³/mol. The molecule has 0 amide bonds. The number of aromatic nitrogens is 3. The fraction of sp³-hybridized carbons (Fsp3) is 0.233. The standard InChI is InChI=1S/C30H32N4O4S/c1-30(2,3)28(27(34-22-31-21-32-34)20-24-15-9-5-10-16-24)38-29(35)26(19-23-13-7-4-8-14-23)33-39(36,37)25-17-11-6-12-18-25/h4-18,20-22,26,28,33H,19H2,1-3H3/b27-20+/t26-,28?/m0/s1. The predicted octanol–water partition coefficient (Wildman–Crippen LogP) is 4.82. The Bertz CT molecular complexity index is 1480. The van der Waals surface area contributed by atoms with E-state index in [1.807, 2.05) is 87.5 Å². The van der Waals surface area contributed by atoms with Gasteiger partial charge >= 0.3 is 5.97 Å². The van der Waals surface area contributed by atoms with Gasteiger partial charge in [0.1, 0.15) is 24.8 Å². The number of esters is 1. The number of hydrogen-bond acceptors (Lipinski definition) is 6. The van der Waals surface area contributed by atoms with Gasteiger partial charge in [0.05, 0.1) is 10.6 Å². The normalized spacial score (nSPS) is 14.0. The highest BCUT2D eigenvalue weighted by atomic mass is 32.2. The zero-order valence-corrected chi connectivity index (χ0v) is 23.0. The van der Waals surface area contributed by atoms with Gasteiger partial charge in [0.25, 0.3) is 0 Å². The summed E-state index contributed by atoms with van der Waals surface area (Å²) in [6.45, 7) is 5.84. The molecule has 0 saturated heterocycles. The molecule has 0 bridgehead atoms. The van der Waals surface area contributed by atoms with E-state index >= 15 is 0 Å². The van der Waals surface area contributed by atoms with Crippen molar-refractivity contribution in [3.63, 3.8) is 0 Å². The van der Waals surface area contributed by atoms with Crippen molar-refractivity contribution < 1.29 is 17.9 Å². The summed E-state index contributed by atoms with van der Waals surface area (Å²) in [4.78, 5) is 18.0. The van der Waals surface area contributed by atoms with Gasteiger partial charge < -0.3 is 4.74 Å². The Morgan fingerprint density at radius 1 is 0.949 bits per heavy atom. The average molecular weight is 545 g/mol. The lowest BCUT2D eigenvalue weighted by Crippen LogP contribution is -2.46. The van der Waals surface area contributed by atoms with Crippen molar-refractivity contribution >= 4 is 27.8 Å². The number of ether oxygens (including phenoxy) is 1. The van der Waals surface area contributed by atoms with E-state index in [0.717, 1.165) is 11.1 Å². The molecule has 0 radical (unpaired) electrons. The smallest absolute Gasteiger partial charge is 0.325 e. The summed E-state index contributed by atoms with van der Waals surface area (Å²) in [5.41, 5.74) is 1.69. The van der Waals surface area contributed by atoms with E-state index in [1.165, 1.54) is 18.5 Å². The molecule has 39 heavy (non-hydrogen) atoms. The fourth-order valence-corrected chi connectivity index (χ4v) is 5.29. The van der Waals surface area contributed by atoms with Crippen LogP contribution in [0.1, 0.15) is 31.9 Å². The largest absolute Gasteiger partial charge is 0.454 e. The molecule has 4 aromatic rings. The fourth-order valence-electron chi connectivity index (χ4n) is 4.08. The molecule has 0 aliphatic heterocycles. The molecule has 0 saturated carbocycles. The number of hydrogen-bond donors (Lipinski definition) is 1. The van der Waals surface area contributed by atoms with Gasteiger partial charge in [0.15, 0.2) is 0 Å². The van der Waals surface area contributed by atoms with Crippen LogP contribution in [0.5, 0.6) is 0 Å². The highest BCUT2D eigenvalue weighted by Crippen LogP contribution is 2.32. The van der Waals surface area contributed by atoms with Gasteiger partial charge in [-0.15, -0.1) is 0 Å². The van der Waals surface area contributed by atoms with Gasteiger partial charge in [0.2, 0.25) is 10.0 Å². The van der Waals surface area contributed by atoms with Gasteiger partial charge in [-0.1, -0.05) is 99.6 Å². The topological polar surface area (TPSA) is 103 Å². The summed E-state index contributed by atoms with van der Waals surface area (Å²) in [6.07, 6.45) is 4.17. The number of nitrogens with one attached hydrogen (secondary N) is 1. The second kappa shape index (κ2) is 12.2. The first kappa shape index (κ1) is 27.9. The van der Waals surface area contributed by atoms with Crippen molar-refractivity contribution in [1.29, 1.82) is 0 Å². The van der Waals surface area contributed by atoms with Crippen LogP contribution in [0.15, 0.2) is 109 Å². The molecule has 0 aliphatic carbocycles. The van der Waals surface area contributed by atoms with Crippen LogP contribution in [-0.4, -0.2) is 41.3 Å². The molecule has 8 nitrogen and oxygen atoms in total. The second-order valence-electron chi connectivity index (χ2n) is 10.2. The van der Waals surface area contributed by atoms with Crippen LogP contribution in [0, 0.1) is 5.41 Å². The first-order valence-electron chi connectivity index (χ1n) is 12.6. The van der Waals surface area contributed by atoms with E-state index in [-0.39, 0.29) is 11.3 Å². The highest BCUT2D eigenvalue weighted by molar-refractivity contribution is 7.89. The minimum absolute atomic E-state index is 0.0653. The monoisotopic (exact) mass is 544 g/mol. The number of sulfonamides is 1. The maximum Gasteiger partial charge on any atom is 0.325 e. The summed E-state index contributed by atoms with van der Waals surface area (Å²) in [5, 5.41) is 4.30. The minimum Gasteiger partial charge on any atom is -0.454 e. The number of carbonyl (C=O) groups excluding carboxylic acids is 1. The third-order valence-electron chi connectivity index (χ3n) is 6.00. The van der Waals surface area contributed by atoms with Gasteiger partial charge in [-0.25, -0.2) is 18.1 Å². The van der Waals surface area contributed by atoms with Gasteiger partial charge in [-0.3, -0.25) is 4.79 Å². The zero-order valence-electron chi connectivity index (χ0n) is 22.1. The molecule has 2 atom stereocenters. The van der Waals surface area contributed by atoms with Crippen molar-refractivity contribution in [2.75, 3.05) is 0 Å². The van der Waals surface area contributed by atoms with Crippen LogP contribution < -0.4 is 4.72 Å². The van der Waals surface area contributed by atoms with Gasteiger partial charge in [0, 0.05) is 5.41 Å². The number of nitrogens with zero attached hydrogens (tertiary/aromatic N) is 3. The molecular formula is C30H32N4O4S. The molecule has 202 valence electrons. The Morgan fingerprint density at radius 2 is 1.54 bits per heavy atom. The summed E-state index contributed by atoms with van der Waals surface area (Å²) in [6, 6.07) is 25.6. The molecule has 1 heterocycles. The third kappa shape index (κ3) is 7.49. The molecule has 1 aromatic heterocycles. The van der Waals surface area contributed by atoms with Gasteiger partial charge in [-0.05, 0) is 35.8 Å². The zero-order chi connectivity index (χ0) is 27.9. The molecule has 1 N–H and O–H groups in total. The lowest BCUT2D eigenvalue weighted by Gasteiger charge is -2.33. The van der Waals surface area contributed by atoms with Crippen molar-refractivity contribution in [2.45, 2.75) is 44.2 Å². The lowest BCUT2D eigenvalue weighted by molar-refractivity contribution is -0.152. The summed E-state index contributed by atoms with van der Waals surface area (Å²) in [7, 11) is -4.00. The van der Waals surface area contributed by atoms with E-state index in [9.17, 15) is 13.2 Å². The van der Waals surface area contributed by atoms with Crippen molar-refractivity contribution in [2.24, 2.45) is 5.41 Å². The molecule has 0 aliphatic rings. The van der Waals surface area contributed by atoms with E-state index in [0.29, 0.717) is 5.70 Å². The molecule has 1 unspecified atom stereocenters. The van der Waals surface area contributed by atoms with Crippen LogP contribution in [0.3, 0.4) is 0 Å². The summed E-state index contributed by atoms with van der Waals surface area (Å²) in [5.74, 6) is -0.697. The second-order valence-corrected chi connectivity index (χ2v) is 11.9. The first-order valence-corrected chi connectivity index (χ1v) is 14.1. The SMILES string of the molecule is CC(C)(C)C(OC(=O)[C@H](Cc1ccccc1)NS(=O)(=O)c1ccccc1)/C(=C\c1ccccc1)n1cncn1. The third-order valence-corrected chi connectivity index (χ3v) is 7.49. The number of carbonyl (C=O) groups is 1. The van der Waals surface area contributed by atoms with E-state index in [1.54, 1.807) is 29.2 Å². The Hall–Kier alpha value is -4.08. The van der Waals surface area contributed by atoms with Crippen molar-refractivity contribution in [3.05, 3.63) is 115 Å². The average Bonchev–Trinajstić information content (AvgIpc) is 3.46. The quantitative estimate of drug-likeness (QED) is 0.287. The molecular weight excluding hydrogens is 512 g/mol. The Kier molecular flexibility index (Phi) is 8.73. The van der Waals surface area contributed by atoms with E-state index < -0.39 is 33.6 Å². The lowest BCUT2D eigenvalue weighted by atomic mass is 9.86. The van der Waals surface area contributed by atoms with Crippen LogP contribution in [0.2, 0.25) is 0 Å². The molecule has 4 rings (SSSR count). The van der Waals surface area contributed by atoms with Gasteiger partial charge in [-0.2, -0.15) is 9.82 Å². The Labute approximate surface area is 229 Å². The number of rotatable bonds is 10. The minimum atomic E-state index is -4.00. The van der Waals surface area contributed by atoms with Crippen molar-refractivity contribution in [1.82, 2.24) is 19.5 Å². The van der Waals surface area contributed by atoms with Crippen molar-refractivity contribution in [3.8, 4) is 0 Å². The molecule has 3 aromatic carbocycles. The highest BCUT2D eigenvalue weighted by Gasteiger charge is 2.37. The maximum atomic E-state index is 13.8. The van der Waals surface area contributed by atoms with Crippen LogP contribution in [-0.2, 0) is 26.0 Å². The summed E-state index contributed by atoms with van der Waals surface area (Å²) < 4.78 is 36.8.